The van der Waals surface area contributed by atoms with Gasteiger partial charge in [-0.2, -0.15) is 0 Å². The van der Waals surface area contributed by atoms with Crippen molar-refractivity contribution in [2.45, 2.75) is 25.7 Å². The lowest BCUT2D eigenvalue weighted by Gasteiger charge is -2.17. The first-order chi connectivity index (χ1) is 14.7. The van der Waals surface area contributed by atoms with Crippen molar-refractivity contribution in [3.05, 3.63) is 87.6 Å². The van der Waals surface area contributed by atoms with Gasteiger partial charge in [-0.15, -0.1) is 0 Å². The number of carbonyl (C=O) groups excluding carboxylic acids is 1. The van der Waals surface area contributed by atoms with E-state index >= 15 is 0 Å². The third kappa shape index (κ3) is 3.45. The van der Waals surface area contributed by atoms with E-state index in [0.29, 0.717) is 5.56 Å². The summed E-state index contributed by atoms with van der Waals surface area (Å²) in [6, 6.07) is 11.4. The number of H-pyrrole nitrogens is 2. The molecule has 3 aromatic rings. The molecule has 152 valence electrons. The number of fused-ring (bicyclic) bond motifs is 1. The second-order valence-corrected chi connectivity index (χ2v) is 7.85. The third-order valence-electron chi connectivity index (χ3n) is 5.93. The van der Waals surface area contributed by atoms with E-state index in [9.17, 15) is 9.59 Å². The van der Waals surface area contributed by atoms with Crippen molar-refractivity contribution in [2.24, 2.45) is 0 Å². The number of hydrogen-bond donors (Lipinski definition) is 3. The Morgan fingerprint density at radius 2 is 1.83 bits per heavy atom. The minimum Gasteiger partial charge on any atom is -0.372 e. The molecule has 1 fully saturated rings. The van der Waals surface area contributed by atoms with E-state index in [0.717, 1.165) is 48.3 Å². The number of nitrogens with one attached hydrogen (secondary N) is 3. The van der Waals surface area contributed by atoms with Gasteiger partial charge in [0.25, 0.3) is 11.5 Å². The summed E-state index contributed by atoms with van der Waals surface area (Å²) in [4.78, 5) is 33.5. The Bertz CT molecular complexity index is 1160. The predicted octanol–water partition coefficient (Wildman–Crippen LogP) is 3.93. The molecule has 2 aromatic heterocycles. The summed E-state index contributed by atoms with van der Waals surface area (Å²) in [6.45, 7) is 2.12. The van der Waals surface area contributed by atoms with E-state index < -0.39 is 0 Å². The second kappa shape index (κ2) is 7.71. The van der Waals surface area contributed by atoms with E-state index in [-0.39, 0.29) is 17.2 Å². The summed E-state index contributed by atoms with van der Waals surface area (Å²) in [5, 5.41) is 2.78. The monoisotopic (exact) mass is 400 g/mol. The third-order valence-corrected chi connectivity index (χ3v) is 5.93. The van der Waals surface area contributed by atoms with Gasteiger partial charge < -0.3 is 20.2 Å². The molecule has 2 aliphatic rings. The minimum atomic E-state index is -0.313. The van der Waals surface area contributed by atoms with Crippen molar-refractivity contribution in [1.29, 1.82) is 0 Å². The molecule has 1 amide bonds. The van der Waals surface area contributed by atoms with Gasteiger partial charge in [0.1, 0.15) is 5.69 Å². The summed E-state index contributed by atoms with van der Waals surface area (Å²) in [7, 11) is 0. The highest BCUT2D eigenvalue weighted by Crippen LogP contribution is 2.31. The Labute approximate surface area is 174 Å². The van der Waals surface area contributed by atoms with Crippen LogP contribution in [0.4, 0.5) is 11.4 Å². The van der Waals surface area contributed by atoms with Crippen LogP contribution >= 0.6 is 0 Å². The number of pyridine rings is 1. The number of carbonyl (C=O) groups is 1. The number of allylic oxidation sites excluding steroid dienone is 1. The average molecular weight is 400 g/mol. The topological polar surface area (TPSA) is 81.0 Å². The molecule has 1 aliphatic heterocycles. The van der Waals surface area contributed by atoms with Crippen LogP contribution in [0.25, 0.3) is 5.57 Å². The highest BCUT2D eigenvalue weighted by Gasteiger charge is 2.17. The standard InChI is InChI=1S/C24H24N4O2/c29-23(16-6-8-18(9-7-16)28-12-1-2-13-28)27-22-14-17(15-26-24(22)30)19-4-3-5-21-20(19)10-11-25-21/h4,6-11,14-15,25H,1-3,5,12-13H2,(H,26,30)(H,27,29). The van der Waals surface area contributed by atoms with E-state index in [4.69, 9.17) is 0 Å². The zero-order valence-electron chi connectivity index (χ0n) is 16.7. The van der Waals surface area contributed by atoms with Gasteiger partial charge in [0.15, 0.2) is 0 Å². The zero-order chi connectivity index (χ0) is 20.5. The molecule has 6 nitrogen and oxygen atoms in total. The lowest BCUT2D eigenvalue weighted by atomic mass is 9.92. The molecule has 5 rings (SSSR count). The van der Waals surface area contributed by atoms with Crippen LogP contribution in [0.1, 0.15) is 46.4 Å². The van der Waals surface area contributed by atoms with Crippen LogP contribution in [0, 0.1) is 0 Å². The van der Waals surface area contributed by atoms with E-state index in [1.807, 2.05) is 36.5 Å². The first-order valence-corrected chi connectivity index (χ1v) is 10.5. The number of rotatable bonds is 4. The highest BCUT2D eigenvalue weighted by molar-refractivity contribution is 6.04. The molecule has 6 heteroatoms. The number of hydrogen-bond acceptors (Lipinski definition) is 3. The molecule has 0 saturated carbocycles. The number of aryl methyl sites for hydroxylation is 1. The van der Waals surface area contributed by atoms with Crippen molar-refractivity contribution in [3.8, 4) is 0 Å². The number of aromatic amines is 2. The SMILES string of the molecule is O=C(Nc1cc(C2=CCCc3[nH]ccc32)c[nH]c1=O)c1ccc(N2CCCC2)cc1. The Hall–Kier alpha value is -3.54. The minimum absolute atomic E-state index is 0.254. The van der Waals surface area contributed by atoms with Crippen LogP contribution in [-0.2, 0) is 6.42 Å². The number of anilines is 2. The Kier molecular flexibility index (Phi) is 4.75. The Balaban J connectivity index is 1.37. The van der Waals surface area contributed by atoms with E-state index in [1.54, 1.807) is 12.3 Å². The fourth-order valence-electron chi connectivity index (χ4n) is 4.33. The molecule has 0 spiro atoms. The quantitative estimate of drug-likeness (QED) is 0.621. The predicted molar refractivity (Wildman–Crippen MR) is 119 cm³/mol. The van der Waals surface area contributed by atoms with Crippen molar-refractivity contribution >= 4 is 22.9 Å². The summed E-state index contributed by atoms with van der Waals surface area (Å²) in [6.07, 6.45) is 10.1. The van der Waals surface area contributed by atoms with Gasteiger partial charge in [0.2, 0.25) is 0 Å². The van der Waals surface area contributed by atoms with Gasteiger partial charge in [-0.1, -0.05) is 6.08 Å². The van der Waals surface area contributed by atoms with Crippen LogP contribution < -0.4 is 15.8 Å². The summed E-state index contributed by atoms with van der Waals surface area (Å²) < 4.78 is 0. The van der Waals surface area contributed by atoms with Gasteiger partial charge in [0, 0.05) is 53.6 Å². The maximum Gasteiger partial charge on any atom is 0.271 e. The molecule has 1 aliphatic carbocycles. The van der Waals surface area contributed by atoms with E-state index in [1.165, 1.54) is 18.5 Å². The summed E-state index contributed by atoms with van der Waals surface area (Å²) in [5.74, 6) is -0.287. The number of nitrogens with zero attached hydrogens (tertiary/aromatic N) is 1. The van der Waals surface area contributed by atoms with Crippen molar-refractivity contribution in [1.82, 2.24) is 9.97 Å². The Morgan fingerprint density at radius 1 is 1.03 bits per heavy atom. The second-order valence-electron chi connectivity index (χ2n) is 7.85. The van der Waals surface area contributed by atoms with Gasteiger partial charge in [-0.3, -0.25) is 9.59 Å². The molecule has 30 heavy (non-hydrogen) atoms. The van der Waals surface area contributed by atoms with E-state index in [2.05, 4.69) is 26.3 Å². The van der Waals surface area contributed by atoms with Crippen molar-refractivity contribution in [2.75, 3.05) is 23.3 Å². The smallest absolute Gasteiger partial charge is 0.271 e. The lowest BCUT2D eigenvalue weighted by Crippen LogP contribution is -2.21. The first-order valence-electron chi connectivity index (χ1n) is 10.5. The van der Waals surface area contributed by atoms with Crippen LogP contribution in [0.15, 0.2) is 59.7 Å². The van der Waals surface area contributed by atoms with Gasteiger partial charge >= 0.3 is 0 Å². The zero-order valence-corrected chi connectivity index (χ0v) is 16.7. The normalized spacial score (nSPS) is 15.6. The van der Waals surface area contributed by atoms with Crippen LogP contribution in [0.5, 0.6) is 0 Å². The average Bonchev–Trinajstić information content (AvgIpc) is 3.47. The van der Waals surface area contributed by atoms with Crippen molar-refractivity contribution < 1.29 is 4.79 Å². The summed E-state index contributed by atoms with van der Waals surface area (Å²) >= 11 is 0. The molecule has 1 saturated heterocycles. The fraction of sp³-hybridized carbons (Fsp3) is 0.250. The first kappa shape index (κ1) is 18.5. The molecular weight excluding hydrogens is 376 g/mol. The molecule has 3 N–H and O–H groups in total. The summed E-state index contributed by atoms with van der Waals surface area (Å²) in [5.41, 5.74) is 5.90. The fourth-order valence-corrected chi connectivity index (χ4v) is 4.33. The van der Waals surface area contributed by atoms with Gasteiger partial charge in [-0.05, 0) is 67.7 Å². The maximum atomic E-state index is 12.7. The molecule has 0 atom stereocenters. The molecule has 0 unspecified atom stereocenters. The van der Waals surface area contributed by atoms with Crippen LogP contribution in [0.3, 0.4) is 0 Å². The number of amides is 1. The molecule has 0 bridgehead atoms. The number of benzene rings is 1. The molecular formula is C24H24N4O2. The lowest BCUT2D eigenvalue weighted by molar-refractivity contribution is 0.102. The van der Waals surface area contributed by atoms with Gasteiger partial charge in [0.05, 0.1) is 0 Å². The van der Waals surface area contributed by atoms with Gasteiger partial charge in [-0.25, -0.2) is 0 Å². The highest BCUT2D eigenvalue weighted by atomic mass is 16.2. The largest absolute Gasteiger partial charge is 0.372 e. The van der Waals surface area contributed by atoms with Crippen LogP contribution in [0.2, 0.25) is 0 Å². The van der Waals surface area contributed by atoms with Crippen molar-refractivity contribution in [3.63, 3.8) is 0 Å². The molecule has 3 heterocycles. The van der Waals surface area contributed by atoms with Crippen LogP contribution in [-0.4, -0.2) is 29.0 Å². The maximum absolute atomic E-state index is 12.7. The molecule has 0 radical (unpaired) electrons. The molecule has 1 aromatic carbocycles. The number of aromatic nitrogens is 2. The Morgan fingerprint density at radius 3 is 2.63 bits per heavy atom.